The molecule has 0 aromatic carbocycles. The Labute approximate surface area is 154 Å². The van der Waals surface area contributed by atoms with E-state index in [4.69, 9.17) is 13.9 Å². The summed E-state index contributed by atoms with van der Waals surface area (Å²) in [5.74, 6) is 1.42. The molecule has 1 N–H and O–H groups in total. The highest BCUT2D eigenvalue weighted by Crippen LogP contribution is 2.27. The predicted molar refractivity (Wildman–Crippen MR) is 97.4 cm³/mol. The third-order valence-electron chi connectivity index (χ3n) is 5.48. The molecule has 3 rings (SSSR count). The number of aliphatic hydroxyl groups excluding tert-OH is 1. The van der Waals surface area contributed by atoms with Crippen molar-refractivity contribution in [1.29, 1.82) is 0 Å². The second-order valence-corrected chi connectivity index (χ2v) is 7.14. The van der Waals surface area contributed by atoms with Crippen LogP contribution < -0.4 is 10.2 Å². The molecule has 1 aromatic heterocycles. The molecule has 26 heavy (non-hydrogen) atoms. The lowest BCUT2D eigenvalue weighted by Gasteiger charge is -2.45. The molecule has 3 heterocycles. The van der Waals surface area contributed by atoms with Crippen molar-refractivity contribution >= 4 is 0 Å². The zero-order chi connectivity index (χ0) is 18.4. The Morgan fingerprint density at radius 1 is 1.31 bits per heavy atom. The maximum absolute atomic E-state index is 11.9. The van der Waals surface area contributed by atoms with Gasteiger partial charge in [-0.1, -0.05) is 0 Å². The number of aliphatic hydroxyl groups is 1. The minimum atomic E-state index is -0.145. The van der Waals surface area contributed by atoms with Gasteiger partial charge in [0, 0.05) is 44.9 Å². The minimum absolute atomic E-state index is 0.145. The third-order valence-corrected chi connectivity index (χ3v) is 5.48. The van der Waals surface area contributed by atoms with Crippen LogP contribution in [-0.2, 0) is 11.3 Å². The summed E-state index contributed by atoms with van der Waals surface area (Å²) in [5, 5.41) is 9.27. The summed E-state index contributed by atoms with van der Waals surface area (Å²) in [5.41, 5.74) is -0.145. The fraction of sp³-hybridized carbons (Fsp3) is 0.737. The highest BCUT2D eigenvalue weighted by atomic mass is 16.5. The van der Waals surface area contributed by atoms with Crippen LogP contribution in [0.1, 0.15) is 25.0 Å². The molecule has 0 amide bonds. The Hall–Kier alpha value is -1.41. The molecular weight excluding hydrogens is 336 g/mol. The van der Waals surface area contributed by atoms with E-state index in [1.165, 1.54) is 19.4 Å². The van der Waals surface area contributed by atoms with Crippen LogP contribution in [0.3, 0.4) is 0 Å². The van der Waals surface area contributed by atoms with Gasteiger partial charge in [-0.3, -0.25) is 14.6 Å². The topological polar surface area (TPSA) is 75.4 Å². The quantitative estimate of drug-likeness (QED) is 0.770. The van der Waals surface area contributed by atoms with E-state index in [1.54, 1.807) is 0 Å². The van der Waals surface area contributed by atoms with Crippen LogP contribution in [0.15, 0.2) is 21.5 Å². The molecule has 1 aromatic rings. The van der Waals surface area contributed by atoms with Crippen molar-refractivity contribution in [2.75, 3.05) is 53.1 Å². The van der Waals surface area contributed by atoms with E-state index in [9.17, 15) is 9.90 Å². The Kier molecular flexibility index (Phi) is 7.07. The maximum atomic E-state index is 11.9. The van der Waals surface area contributed by atoms with E-state index in [0.29, 0.717) is 24.3 Å². The van der Waals surface area contributed by atoms with Gasteiger partial charge in [0.15, 0.2) is 0 Å². The summed E-state index contributed by atoms with van der Waals surface area (Å²) in [6.07, 6.45) is 4.33. The molecule has 7 nitrogen and oxygen atoms in total. The Morgan fingerprint density at radius 3 is 2.81 bits per heavy atom. The number of hydrogen-bond donors (Lipinski definition) is 1. The lowest BCUT2D eigenvalue weighted by Crippen LogP contribution is -2.53. The predicted octanol–water partition coefficient (Wildman–Crippen LogP) is 0.944. The van der Waals surface area contributed by atoms with Gasteiger partial charge < -0.3 is 19.0 Å². The van der Waals surface area contributed by atoms with Crippen molar-refractivity contribution in [3.63, 3.8) is 0 Å². The van der Waals surface area contributed by atoms with Crippen LogP contribution in [0.2, 0.25) is 0 Å². The van der Waals surface area contributed by atoms with E-state index in [1.807, 2.05) is 0 Å². The standard InChI is InChI=1S/C19H30N2O5/c1-24-19-14-26-16(11-18(19)23)13-20-5-4-17(15(12-20)3-2-8-22)21-6-9-25-10-7-21/h11,14-15,17,22H,2-10,12-13H2,1H3/t15-,17+/m1/s1. The zero-order valence-corrected chi connectivity index (χ0v) is 15.6. The average molecular weight is 366 g/mol. The van der Waals surface area contributed by atoms with Gasteiger partial charge in [0.1, 0.15) is 12.0 Å². The number of piperidine rings is 1. The Balaban J connectivity index is 1.63. The van der Waals surface area contributed by atoms with E-state index >= 15 is 0 Å². The van der Waals surface area contributed by atoms with Crippen LogP contribution in [-0.4, -0.2) is 74.1 Å². The minimum Gasteiger partial charge on any atom is -0.490 e. The molecule has 2 aliphatic rings. The van der Waals surface area contributed by atoms with Gasteiger partial charge >= 0.3 is 0 Å². The van der Waals surface area contributed by atoms with Crippen molar-refractivity contribution in [3.8, 4) is 5.75 Å². The normalized spacial score (nSPS) is 25.3. The molecule has 146 valence electrons. The SMILES string of the molecule is COc1coc(CN2CC[C@H](N3CCOCC3)[C@H](CCCO)C2)cc1=O. The second-order valence-electron chi connectivity index (χ2n) is 7.14. The van der Waals surface area contributed by atoms with Crippen LogP contribution in [0.5, 0.6) is 5.75 Å². The first kappa shape index (κ1) is 19.4. The highest BCUT2D eigenvalue weighted by molar-refractivity contribution is 5.17. The average Bonchev–Trinajstić information content (AvgIpc) is 2.67. The molecular formula is C19H30N2O5. The largest absolute Gasteiger partial charge is 0.490 e. The first-order chi connectivity index (χ1) is 12.7. The second kappa shape index (κ2) is 9.50. The maximum Gasteiger partial charge on any atom is 0.227 e. The number of ether oxygens (including phenoxy) is 2. The van der Waals surface area contributed by atoms with Gasteiger partial charge in [0.05, 0.1) is 26.9 Å². The van der Waals surface area contributed by atoms with Gasteiger partial charge in [0.2, 0.25) is 11.2 Å². The van der Waals surface area contributed by atoms with E-state index in [2.05, 4.69) is 9.80 Å². The van der Waals surface area contributed by atoms with Crippen LogP contribution in [0, 0.1) is 5.92 Å². The molecule has 0 bridgehead atoms. The molecule has 7 heteroatoms. The van der Waals surface area contributed by atoms with Gasteiger partial charge in [0.25, 0.3) is 0 Å². The summed E-state index contributed by atoms with van der Waals surface area (Å²) in [4.78, 5) is 16.8. The zero-order valence-electron chi connectivity index (χ0n) is 15.6. The molecule has 0 aliphatic carbocycles. The van der Waals surface area contributed by atoms with Gasteiger partial charge in [-0.05, 0) is 25.2 Å². The van der Waals surface area contributed by atoms with Crippen molar-refractivity contribution in [2.45, 2.75) is 31.8 Å². The number of morpholine rings is 1. The summed E-state index contributed by atoms with van der Waals surface area (Å²) >= 11 is 0. The summed E-state index contributed by atoms with van der Waals surface area (Å²) < 4.78 is 16.0. The molecule has 0 radical (unpaired) electrons. The molecule has 0 unspecified atom stereocenters. The summed E-state index contributed by atoms with van der Waals surface area (Å²) in [6, 6.07) is 2.07. The fourth-order valence-corrected chi connectivity index (χ4v) is 4.16. The Bertz CT molecular complexity index is 614. The smallest absolute Gasteiger partial charge is 0.227 e. The lowest BCUT2D eigenvalue weighted by atomic mass is 9.86. The van der Waals surface area contributed by atoms with Crippen molar-refractivity contribution in [1.82, 2.24) is 9.80 Å². The number of nitrogens with zero attached hydrogens (tertiary/aromatic N) is 2. The van der Waals surface area contributed by atoms with Gasteiger partial charge in [-0.2, -0.15) is 0 Å². The van der Waals surface area contributed by atoms with Crippen molar-refractivity contribution < 1.29 is 19.0 Å². The van der Waals surface area contributed by atoms with Crippen LogP contribution in [0.4, 0.5) is 0 Å². The van der Waals surface area contributed by atoms with Gasteiger partial charge in [-0.15, -0.1) is 0 Å². The first-order valence-electron chi connectivity index (χ1n) is 9.52. The van der Waals surface area contributed by atoms with Crippen LogP contribution in [0.25, 0.3) is 0 Å². The molecule has 2 fully saturated rings. The molecule has 0 spiro atoms. The molecule has 2 atom stereocenters. The van der Waals surface area contributed by atoms with Gasteiger partial charge in [-0.25, -0.2) is 0 Å². The lowest BCUT2D eigenvalue weighted by molar-refractivity contribution is -0.0239. The molecule has 2 aliphatic heterocycles. The number of likely N-dealkylation sites (tertiary alicyclic amines) is 1. The number of hydrogen-bond acceptors (Lipinski definition) is 7. The summed E-state index contributed by atoms with van der Waals surface area (Å²) in [7, 11) is 1.47. The van der Waals surface area contributed by atoms with Crippen LogP contribution >= 0.6 is 0 Å². The highest BCUT2D eigenvalue weighted by Gasteiger charge is 2.33. The number of rotatable bonds is 7. The number of methoxy groups -OCH3 is 1. The first-order valence-corrected chi connectivity index (χ1v) is 9.52. The molecule has 2 saturated heterocycles. The monoisotopic (exact) mass is 366 g/mol. The van der Waals surface area contributed by atoms with E-state index < -0.39 is 0 Å². The molecule has 0 saturated carbocycles. The van der Waals surface area contributed by atoms with Crippen molar-refractivity contribution in [3.05, 3.63) is 28.3 Å². The van der Waals surface area contributed by atoms with E-state index in [-0.39, 0.29) is 17.8 Å². The fourth-order valence-electron chi connectivity index (χ4n) is 4.16. The van der Waals surface area contributed by atoms with E-state index in [0.717, 1.165) is 58.7 Å². The van der Waals surface area contributed by atoms with Crippen molar-refractivity contribution in [2.24, 2.45) is 5.92 Å². The summed E-state index contributed by atoms with van der Waals surface area (Å²) in [6.45, 7) is 6.41. The third kappa shape index (κ3) is 4.85. The Morgan fingerprint density at radius 2 is 2.12 bits per heavy atom.